The van der Waals surface area contributed by atoms with Crippen LogP contribution in [0.3, 0.4) is 0 Å². The van der Waals surface area contributed by atoms with E-state index in [1.54, 1.807) is 6.92 Å². The number of likely N-dealkylation sites (tertiary alicyclic amines) is 1. The van der Waals surface area contributed by atoms with Crippen molar-refractivity contribution in [2.45, 2.75) is 62.9 Å². The predicted octanol–water partition coefficient (Wildman–Crippen LogP) is 5.67. The van der Waals surface area contributed by atoms with Crippen molar-refractivity contribution in [3.05, 3.63) is 115 Å². The van der Waals surface area contributed by atoms with E-state index in [0.29, 0.717) is 22.3 Å². The lowest BCUT2D eigenvalue weighted by Gasteiger charge is -2.46. The van der Waals surface area contributed by atoms with E-state index in [2.05, 4.69) is 10.1 Å². The molecule has 58 heavy (non-hydrogen) atoms. The lowest BCUT2D eigenvalue weighted by Crippen LogP contribution is -2.63. The number of nitrogens with zero attached hydrogens (tertiary/aromatic N) is 4. The normalized spacial score (nSPS) is 23.1. The molecule has 6 atom stereocenters. The van der Waals surface area contributed by atoms with Gasteiger partial charge in [0.2, 0.25) is 5.91 Å². The number of aliphatic hydroxyl groups excluding tert-OH is 1. The van der Waals surface area contributed by atoms with E-state index in [1.165, 1.54) is 72.5 Å². The maximum absolute atomic E-state index is 13.8. The third kappa shape index (κ3) is 8.54. The molecule has 3 heterocycles. The highest BCUT2D eigenvalue weighted by Gasteiger charge is 2.61. The number of β-lactam (4-membered cyclic amide) rings is 1. The number of amides is 2. The summed E-state index contributed by atoms with van der Waals surface area (Å²) < 4.78 is 54.3. The average Bonchev–Trinajstić information content (AvgIpc) is 3.64. The van der Waals surface area contributed by atoms with Gasteiger partial charge in [0, 0.05) is 65.1 Å². The van der Waals surface area contributed by atoms with Gasteiger partial charge in [-0.2, -0.15) is 0 Å². The molecule has 0 aliphatic carbocycles. The Morgan fingerprint density at radius 1 is 1.02 bits per heavy atom. The number of hydrogen-bond acceptors (Lipinski definition) is 14. The Morgan fingerprint density at radius 2 is 1.60 bits per heavy atom. The average molecular weight is 830 g/mol. The number of halogens is 3. The second-order valence-electron chi connectivity index (χ2n) is 13.7. The zero-order chi connectivity index (χ0) is 42.1. The van der Waals surface area contributed by atoms with E-state index >= 15 is 0 Å². The number of carbonyl (C=O) groups is 4. The number of aldehydes is 1. The van der Waals surface area contributed by atoms with E-state index in [9.17, 15) is 57.7 Å². The molecule has 3 aliphatic heterocycles. The Balaban J connectivity index is 1.30. The molecule has 0 radical (unpaired) electrons. The van der Waals surface area contributed by atoms with Crippen LogP contribution in [0.5, 0.6) is 5.75 Å². The smallest absolute Gasteiger partial charge is 0.456 e. The molecular weight excluding hydrogens is 795 g/mol. The van der Waals surface area contributed by atoms with Gasteiger partial charge in [-0.25, -0.2) is 9.59 Å². The van der Waals surface area contributed by atoms with Crippen molar-refractivity contribution in [3.8, 4) is 5.75 Å². The second-order valence-corrected chi connectivity index (χ2v) is 15.1. The van der Waals surface area contributed by atoms with E-state index in [4.69, 9.17) is 9.47 Å². The fourth-order valence-electron chi connectivity index (χ4n) is 7.20. The summed E-state index contributed by atoms with van der Waals surface area (Å²) >= 11 is 1.07. The Bertz CT molecular complexity index is 2150. The Kier molecular flexibility index (Phi) is 11.7. The summed E-state index contributed by atoms with van der Waals surface area (Å²) in [6, 6.07) is 14.4. The fraction of sp³-hybridized carbons (Fsp3) is 0.351. The van der Waals surface area contributed by atoms with Crippen LogP contribution in [0.4, 0.5) is 35.0 Å². The van der Waals surface area contributed by atoms with Gasteiger partial charge in [0.25, 0.3) is 11.4 Å². The molecular formula is C37H34F3N5O12S. The number of ether oxygens (including phenoxy) is 3. The van der Waals surface area contributed by atoms with Crippen molar-refractivity contribution < 1.29 is 61.5 Å². The molecule has 3 aliphatic rings. The third-order valence-corrected chi connectivity index (χ3v) is 11.3. The van der Waals surface area contributed by atoms with E-state index in [1.807, 2.05) is 0 Å². The summed E-state index contributed by atoms with van der Waals surface area (Å²) in [5, 5.41) is 34.7. The lowest BCUT2D eigenvalue weighted by molar-refractivity contribution is -0.385. The minimum atomic E-state index is -5.03. The molecule has 3 aromatic carbocycles. The van der Waals surface area contributed by atoms with E-state index < -0.39 is 74.8 Å². The summed E-state index contributed by atoms with van der Waals surface area (Å²) in [5.41, 5.74) is -1.70. The molecule has 21 heteroatoms. The number of rotatable bonds is 14. The van der Waals surface area contributed by atoms with Gasteiger partial charge in [0.1, 0.15) is 24.7 Å². The van der Waals surface area contributed by atoms with Crippen LogP contribution >= 0.6 is 11.8 Å². The van der Waals surface area contributed by atoms with Crippen LogP contribution in [-0.2, 0) is 37.1 Å². The molecule has 306 valence electrons. The van der Waals surface area contributed by atoms with Crippen molar-refractivity contribution in [2.75, 3.05) is 11.9 Å². The number of fused-ring (bicyclic) bond motifs is 1. The SMILES string of the molecule is C[C@@H](O)[C@H]1C(=O)N2C(C(=O)OCc3ccc([N+](=O)[O-])cc3)=C(S[C@@H]3CN(C(=O)OCc4ccc([N+](=O)[O-])cc4)[C@@](C=O)(Nc4cccc(OC(F)(F)F)c4)C3)[C@H](C)[C@H]12. The van der Waals surface area contributed by atoms with Gasteiger partial charge in [-0.15, -0.1) is 24.9 Å². The van der Waals surface area contributed by atoms with Crippen LogP contribution in [0, 0.1) is 32.1 Å². The number of nitro groups is 2. The number of thioether (sulfide) groups is 1. The first kappa shape index (κ1) is 41.4. The van der Waals surface area contributed by atoms with Gasteiger partial charge in [-0.1, -0.05) is 13.0 Å². The number of aliphatic hydroxyl groups is 1. The summed E-state index contributed by atoms with van der Waals surface area (Å²) in [4.78, 5) is 77.7. The fourth-order valence-corrected chi connectivity index (χ4v) is 8.77. The summed E-state index contributed by atoms with van der Waals surface area (Å²) in [7, 11) is 0. The Hall–Kier alpha value is -6.22. The highest BCUT2D eigenvalue weighted by atomic mass is 32.2. The minimum absolute atomic E-state index is 0.0360. The van der Waals surface area contributed by atoms with Crippen molar-refractivity contribution in [1.82, 2.24) is 9.80 Å². The van der Waals surface area contributed by atoms with Gasteiger partial charge in [0.15, 0.2) is 11.9 Å². The van der Waals surface area contributed by atoms with Crippen molar-refractivity contribution >= 4 is 53.1 Å². The zero-order valence-corrected chi connectivity index (χ0v) is 31.3. The number of hydrogen-bond donors (Lipinski definition) is 2. The molecule has 0 unspecified atom stereocenters. The standard InChI is InChI=1S/C37H34F3N5O12S/c1-20-30-29(21(2)47)33(48)43(30)31(34(49)55-17-22-6-10-25(11-7-22)44(51)52)32(20)58-28-15-36(19-46,41-24-4-3-5-27(14-24)57-37(38,39)40)42(16-28)35(50)56-18-23-8-12-26(13-9-23)45(53)54/h3-14,19-21,28-30,41,47H,15-18H2,1-2H3/t20-,21-,28+,29-,30-,36+/m1/s1. The van der Waals surface area contributed by atoms with Crippen LogP contribution in [0.15, 0.2) is 83.4 Å². The minimum Gasteiger partial charge on any atom is -0.456 e. The number of alkyl halides is 3. The number of anilines is 1. The second kappa shape index (κ2) is 16.3. The molecule has 3 aromatic rings. The first-order valence-corrected chi connectivity index (χ1v) is 18.4. The lowest BCUT2D eigenvalue weighted by atomic mass is 9.79. The van der Waals surface area contributed by atoms with E-state index in [0.717, 1.165) is 28.8 Å². The molecule has 17 nitrogen and oxygen atoms in total. The highest BCUT2D eigenvalue weighted by Crippen LogP contribution is 2.53. The number of benzene rings is 3. The van der Waals surface area contributed by atoms with Crippen molar-refractivity contribution in [3.63, 3.8) is 0 Å². The maximum Gasteiger partial charge on any atom is 0.573 e. The first-order valence-electron chi connectivity index (χ1n) is 17.5. The van der Waals surface area contributed by atoms with Gasteiger partial charge in [0.05, 0.1) is 27.9 Å². The zero-order valence-electron chi connectivity index (χ0n) is 30.5. The number of non-ortho nitro benzene ring substituents is 2. The number of nitro benzene ring substituents is 2. The van der Waals surface area contributed by atoms with Gasteiger partial charge >= 0.3 is 18.4 Å². The molecule has 0 saturated carbocycles. The number of nitrogens with one attached hydrogen (secondary N) is 1. The number of esters is 1. The van der Waals surface area contributed by atoms with Crippen molar-refractivity contribution in [2.24, 2.45) is 11.8 Å². The summed E-state index contributed by atoms with van der Waals surface area (Å²) in [5.74, 6) is -3.47. The quantitative estimate of drug-likeness (QED) is 0.0658. The first-order chi connectivity index (χ1) is 27.4. The largest absolute Gasteiger partial charge is 0.573 e. The summed E-state index contributed by atoms with van der Waals surface area (Å²) in [6.07, 6.45) is -6.94. The van der Waals surface area contributed by atoms with Crippen LogP contribution in [0.2, 0.25) is 0 Å². The molecule has 0 spiro atoms. The highest BCUT2D eigenvalue weighted by molar-refractivity contribution is 8.03. The van der Waals surface area contributed by atoms with Crippen LogP contribution in [0.25, 0.3) is 0 Å². The molecule has 0 aromatic heterocycles. The Morgan fingerprint density at radius 3 is 2.14 bits per heavy atom. The molecule has 2 N–H and O–H groups in total. The monoisotopic (exact) mass is 829 g/mol. The molecule has 2 amide bonds. The van der Waals surface area contributed by atoms with Crippen LogP contribution in [0.1, 0.15) is 31.4 Å². The van der Waals surface area contributed by atoms with Crippen molar-refractivity contribution in [1.29, 1.82) is 0 Å². The van der Waals surface area contributed by atoms with E-state index in [-0.39, 0.29) is 48.9 Å². The van der Waals surface area contributed by atoms with Crippen LogP contribution < -0.4 is 10.1 Å². The Labute approximate surface area is 331 Å². The number of carbonyl (C=O) groups excluding carboxylic acids is 4. The molecule has 2 fully saturated rings. The van der Waals surface area contributed by atoms with Gasteiger partial charge < -0.3 is 29.5 Å². The van der Waals surface area contributed by atoms with Gasteiger partial charge in [-0.05, 0) is 54.4 Å². The molecule has 0 bridgehead atoms. The van der Waals surface area contributed by atoms with Crippen LogP contribution in [-0.4, -0.2) is 85.0 Å². The van der Waals surface area contributed by atoms with Gasteiger partial charge in [-0.3, -0.25) is 34.7 Å². The summed E-state index contributed by atoms with van der Waals surface area (Å²) in [6.45, 7) is 2.27. The molecule has 2 saturated heterocycles. The maximum atomic E-state index is 13.8. The predicted molar refractivity (Wildman–Crippen MR) is 196 cm³/mol. The molecule has 6 rings (SSSR count). The topological polar surface area (TPSA) is 221 Å². The third-order valence-electron chi connectivity index (χ3n) is 9.87.